The quantitative estimate of drug-likeness (QED) is 0.838. The molecule has 0 aliphatic carbocycles. The van der Waals surface area contributed by atoms with Crippen LogP contribution in [0.1, 0.15) is 39.1 Å². The Morgan fingerprint density at radius 1 is 1.39 bits per heavy atom. The molecule has 0 fully saturated rings. The summed E-state index contributed by atoms with van der Waals surface area (Å²) >= 11 is 0. The van der Waals surface area contributed by atoms with Gasteiger partial charge in [-0.15, -0.1) is 0 Å². The molecular weight excluding hydrogens is 224 g/mol. The van der Waals surface area contributed by atoms with Crippen LogP contribution in [0, 0.1) is 6.92 Å². The molecule has 1 aromatic rings. The minimum absolute atomic E-state index is 0.00166. The molecule has 0 amide bonds. The van der Waals surface area contributed by atoms with Crippen molar-refractivity contribution in [2.24, 2.45) is 12.8 Å². The molecule has 18 heavy (non-hydrogen) atoms. The van der Waals surface area contributed by atoms with Crippen molar-refractivity contribution < 1.29 is 0 Å². The smallest absolute Gasteiger partial charge is 0.0596 e. The number of nitrogens with two attached hydrogens (primary N) is 1. The minimum Gasteiger partial charge on any atom is -0.326 e. The first-order valence-corrected chi connectivity index (χ1v) is 6.83. The monoisotopic (exact) mass is 252 g/mol. The molecule has 0 saturated carbocycles. The van der Waals surface area contributed by atoms with Gasteiger partial charge in [0.25, 0.3) is 0 Å². The maximum Gasteiger partial charge on any atom is 0.0596 e. The lowest BCUT2D eigenvalue weighted by atomic mass is 9.89. The van der Waals surface area contributed by atoms with Crippen LogP contribution in [0.2, 0.25) is 0 Å². The summed E-state index contributed by atoms with van der Waals surface area (Å²) in [5.41, 5.74) is 8.70. The average Bonchev–Trinajstić information content (AvgIpc) is 2.58. The Bertz CT molecular complexity index is 377. The zero-order valence-corrected chi connectivity index (χ0v) is 12.7. The highest BCUT2D eigenvalue weighted by Crippen LogP contribution is 2.20. The predicted molar refractivity (Wildman–Crippen MR) is 76.6 cm³/mol. The molecule has 1 unspecified atom stereocenters. The first-order chi connectivity index (χ1) is 8.32. The van der Waals surface area contributed by atoms with Crippen LogP contribution < -0.4 is 5.73 Å². The van der Waals surface area contributed by atoms with Crippen molar-refractivity contribution in [2.45, 2.75) is 52.6 Å². The van der Waals surface area contributed by atoms with Crippen molar-refractivity contribution in [2.75, 3.05) is 13.1 Å². The fraction of sp³-hybridized carbons (Fsp3) is 0.786. The molecule has 0 saturated heterocycles. The standard InChI is InChI=1S/C14H28N4/c1-7-18(8-2)14(4,5)13(15)10-12-9-11(3)16-17(12)6/h9,13H,7-8,10,15H2,1-6H3. The van der Waals surface area contributed by atoms with Crippen LogP contribution >= 0.6 is 0 Å². The molecule has 0 aliphatic rings. The van der Waals surface area contributed by atoms with Gasteiger partial charge in [-0.05, 0) is 39.9 Å². The Balaban J connectivity index is 2.81. The number of aromatic nitrogens is 2. The molecule has 0 aromatic carbocycles. The molecular formula is C14H28N4. The van der Waals surface area contributed by atoms with Gasteiger partial charge in [-0.1, -0.05) is 13.8 Å². The summed E-state index contributed by atoms with van der Waals surface area (Å²) in [6.07, 6.45) is 0.862. The second-order valence-corrected chi connectivity index (χ2v) is 5.54. The van der Waals surface area contributed by atoms with E-state index < -0.39 is 0 Å². The van der Waals surface area contributed by atoms with E-state index in [2.05, 4.69) is 43.8 Å². The van der Waals surface area contributed by atoms with Gasteiger partial charge in [-0.3, -0.25) is 9.58 Å². The second kappa shape index (κ2) is 5.85. The van der Waals surface area contributed by atoms with Crippen LogP contribution in [0.25, 0.3) is 0 Å². The van der Waals surface area contributed by atoms with E-state index in [1.807, 2.05) is 18.7 Å². The van der Waals surface area contributed by atoms with Crippen molar-refractivity contribution in [3.8, 4) is 0 Å². The fourth-order valence-electron chi connectivity index (χ4n) is 2.60. The van der Waals surface area contributed by atoms with Gasteiger partial charge < -0.3 is 5.73 Å². The molecule has 1 heterocycles. The lowest BCUT2D eigenvalue weighted by Gasteiger charge is -2.41. The number of hydrogen-bond acceptors (Lipinski definition) is 3. The van der Waals surface area contributed by atoms with Crippen molar-refractivity contribution in [1.82, 2.24) is 14.7 Å². The maximum atomic E-state index is 6.43. The van der Waals surface area contributed by atoms with Crippen LogP contribution in [0.5, 0.6) is 0 Å². The van der Waals surface area contributed by atoms with E-state index in [0.717, 1.165) is 25.2 Å². The molecule has 104 valence electrons. The van der Waals surface area contributed by atoms with Gasteiger partial charge in [-0.2, -0.15) is 5.10 Å². The zero-order valence-electron chi connectivity index (χ0n) is 12.7. The van der Waals surface area contributed by atoms with Crippen LogP contribution in [-0.2, 0) is 13.5 Å². The van der Waals surface area contributed by atoms with E-state index in [4.69, 9.17) is 5.73 Å². The Morgan fingerprint density at radius 2 is 1.94 bits per heavy atom. The Hall–Kier alpha value is -0.870. The lowest BCUT2D eigenvalue weighted by Crippen LogP contribution is -2.57. The highest BCUT2D eigenvalue weighted by Gasteiger charge is 2.31. The Kier molecular flexibility index (Phi) is 4.93. The molecule has 4 heteroatoms. The number of nitrogens with zero attached hydrogens (tertiary/aromatic N) is 3. The first kappa shape index (κ1) is 15.2. The van der Waals surface area contributed by atoms with Crippen molar-refractivity contribution in [3.05, 3.63) is 17.5 Å². The summed E-state index contributed by atoms with van der Waals surface area (Å²) in [6, 6.07) is 2.23. The molecule has 1 aromatic heterocycles. The van der Waals surface area contributed by atoms with Gasteiger partial charge in [0.2, 0.25) is 0 Å². The first-order valence-electron chi connectivity index (χ1n) is 6.83. The van der Waals surface area contributed by atoms with E-state index in [9.17, 15) is 0 Å². The van der Waals surface area contributed by atoms with E-state index in [-0.39, 0.29) is 11.6 Å². The highest BCUT2D eigenvalue weighted by atomic mass is 15.3. The van der Waals surface area contributed by atoms with E-state index in [1.165, 1.54) is 5.69 Å². The SMILES string of the molecule is CCN(CC)C(C)(C)C(N)Cc1cc(C)nn1C. The highest BCUT2D eigenvalue weighted by molar-refractivity contribution is 5.11. The van der Waals surface area contributed by atoms with Gasteiger partial charge >= 0.3 is 0 Å². The maximum absolute atomic E-state index is 6.43. The molecule has 1 atom stereocenters. The van der Waals surface area contributed by atoms with Gasteiger partial charge in [0.1, 0.15) is 0 Å². The average molecular weight is 252 g/mol. The summed E-state index contributed by atoms with van der Waals surface area (Å²) in [5.74, 6) is 0. The molecule has 4 nitrogen and oxygen atoms in total. The van der Waals surface area contributed by atoms with E-state index >= 15 is 0 Å². The Labute approximate surface area is 111 Å². The van der Waals surface area contributed by atoms with Gasteiger partial charge in [0.15, 0.2) is 0 Å². The van der Waals surface area contributed by atoms with Crippen LogP contribution in [-0.4, -0.2) is 39.4 Å². The normalized spacial score (nSPS) is 14.2. The van der Waals surface area contributed by atoms with Gasteiger partial charge in [-0.25, -0.2) is 0 Å². The third-order valence-corrected chi connectivity index (χ3v) is 4.01. The van der Waals surface area contributed by atoms with Crippen molar-refractivity contribution in [3.63, 3.8) is 0 Å². The number of aryl methyl sites for hydroxylation is 2. The predicted octanol–water partition coefficient (Wildman–Crippen LogP) is 1.72. The number of rotatable bonds is 6. The molecule has 0 spiro atoms. The van der Waals surface area contributed by atoms with Crippen LogP contribution in [0.3, 0.4) is 0 Å². The molecule has 0 radical (unpaired) electrons. The third kappa shape index (κ3) is 3.12. The number of likely N-dealkylation sites (N-methyl/N-ethyl adjacent to an activating group) is 1. The summed E-state index contributed by atoms with van der Waals surface area (Å²) in [6.45, 7) is 12.9. The van der Waals surface area contributed by atoms with Crippen LogP contribution in [0.15, 0.2) is 6.07 Å². The van der Waals surface area contributed by atoms with Gasteiger partial charge in [0.05, 0.1) is 5.69 Å². The van der Waals surface area contributed by atoms with Crippen LogP contribution in [0.4, 0.5) is 0 Å². The summed E-state index contributed by atoms with van der Waals surface area (Å²) in [5, 5.41) is 4.38. The topological polar surface area (TPSA) is 47.1 Å². The van der Waals surface area contributed by atoms with Gasteiger partial charge in [0, 0.05) is 30.7 Å². The summed E-state index contributed by atoms with van der Waals surface area (Å²) in [4.78, 5) is 2.42. The zero-order chi connectivity index (χ0) is 13.9. The summed E-state index contributed by atoms with van der Waals surface area (Å²) < 4.78 is 1.94. The number of hydrogen-bond donors (Lipinski definition) is 1. The summed E-state index contributed by atoms with van der Waals surface area (Å²) in [7, 11) is 1.99. The third-order valence-electron chi connectivity index (χ3n) is 4.01. The Morgan fingerprint density at radius 3 is 2.33 bits per heavy atom. The van der Waals surface area contributed by atoms with Crippen molar-refractivity contribution >= 4 is 0 Å². The lowest BCUT2D eigenvalue weighted by molar-refractivity contribution is 0.106. The minimum atomic E-state index is 0.00166. The van der Waals surface area contributed by atoms with E-state index in [0.29, 0.717) is 0 Å². The molecule has 1 rings (SSSR count). The van der Waals surface area contributed by atoms with Crippen molar-refractivity contribution in [1.29, 1.82) is 0 Å². The largest absolute Gasteiger partial charge is 0.326 e. The molecule has 0 aliphatic heterocycles. The molecule has 0 bridgehead atoms. The molecule has 2 N–H and O–H groups in total. The van der Waals surface area contributed by atoms with E-state index in [1.54, 1.807) is 0 Å². The fourth-order valence-corrected chi connectivity index (χ4v) is 2.60. The second-order valence-electron chi connectivity index (χ2n) is 5.54.